The van der Waals surface area contributed by atoms with Gasteiger partial charge in [0, 0.05) is 5.25 Å². The molecule has 2 unspecified atom stereocenters. The third kappa shape index (κ3) is 10.1. The van der Waals surface area contributed by atoms with E-state index >= 15 is 0 Å². The van der Waals surface area contributed by atoms with Crippen molar-refractivity contribution in [3.63, 3.8) is 0 Å². The van der Waals surface area contributed by atoms with Crippen molar-refractivity contribution < 1.29 is 47.6 Å². The summed E-state index contributed by atoms with van der Waals surface area (Å²) in [5.41, 5.74) is 0. The van der Waals surface area contributed by atoms with Gasteiger partial charge in [0.05, 0.1) is 16.2 Å². The SMILES string of the molecule is CCCCC(CCCC(C)O)S(=O)(=O)[O-].[Na+]. The molecular weight excluding hydrogens is 239 g/mol. The molecule has 0 aliphatic heterocycles. The summed E-state index contributed by atoms with van der Waals surface area (Å²) in [6.45, 7) is 3.62. The van der Waals surface area contributed by atoms with Gasteiger partial charge in [-0.3, -0.25) is 0 Å². The Morgan fingerprint density at radius 3 is 2.06 bits per heavy atom. The second-order valence-corrected chi connectivity index (χ2v) is 5.69. The van der Waals surface area contributed by atoms with E-state index in [1.807, 2.05) is 6.92 Å². The third-order valence-corrected chi connectivity index (χ3v) is 3.72. The first kappa shape index (κ1) is 19.2. The van der Waals surface area contributed by atoms with Gasteiger partial charge in [0.2, 0.25) is 0 Å². The molecule has 0 heterocycles. The molecule has 0 bridgehead atoms. The molecule has 0 aromatic rings. The molecular formula is C10H21NaO4S. The Morgan fingerprint density at radius 1 is 1.19 bits per heavy atom. The fourth-order valence-corrected chi connectivity index (χ4v) is 2.42. The van der Waals surface area contributed by atoms with E-state index in [9.17, 15) is 13.0 Å². The fraction of sp³-hybridized carbons (Fsp3) is 1.00. The van der Waals surface area contributed by atoms with Crippen LogP contribution in [0.15, 0.2) is 0 Å². The first-order valence-electron chi connectivity index (χ1n) is 5.50. The summed E-state index contributed by atoms with van der Waals surface area (Å²) in [6.07, 6.45) is 3.19. The largest absolute Gasteiger partial charge is 1.00 e. The zero-order valence-corrected chi connectivity index (χ0v) is 13.3. The first-order valence-corrected chi connectivity index (χ1v) is 6.97. The first-order chi connectivity index (χ1) is 6.88. The van der Waals surface area contributed by atoms with Crippen LogP contribution in [0.5, 0.6) is 0 Å². The van der Waals surface area contributed by atoms with Gasteiger partial charge in [-0.2, -0.15) is 0 Å². The van der Waals surface area contributed by atoms with Gasteiger partial charge in [-0.05, 0) is 32.6 Å². The van der Waals surface area contributed by atoms with E-state index in [0.29, 0.717) is 25.7 Å². The fourth-order valence-electron chi connectivity index (χ4n) is 1.51. The number of hydrogen-bond donors (Lipinski definition) is 1. The van der Waals surface area contributed by atoms with Crippen LogP contribution in [-0.4, -0.2) is 29.4 Å². The van der Waals surface area contributed by atoms with E-state index < -0.39 is 21.5 Å². The van der Waals surface area contributed by atoms with Gasteiger partial charge >= 0.3 is 29.6 Å². The number of unbranched alkanes of at least 4 members (excludes halogenated alkanes) is 1. The molecule has 1 N–H and O–H groups in total. The number of rotatable bonds is 8. The minimum atomic E-state index is -4.17. The van der Waals surface area contributed by atoms with Crippen molar-refractivity contribution in [2.45, 2.75) is 63.7 Å². The Kier molecular flexibility index (Phi) is 11.8. The van der Waals surface area contributed by atoms with Gasteiger partial charge < -0.3 is 9.66 Å². The molecule has 0 aromatic heterocycles. The topological polar surface area (TPSA) is 77.4 Å². The van der Waals surface area contributed by atoms with Gasteiger partial charge in [0.1, 0.15) is 0 Å². The summed E-state index contributed by atoms with van der Waals surface area (Å²) >= 11 is 0. The molecule has 0 saturated heterocycles. The molecule has 0 radical (unpaired) electrons. The van der Waals surface area contributed by atoms with Crippen LogP contribution < -0.4 is 29.6 Å². The van der Waals surface area contributed by atoms with Crippen LogP contribution in [0, 0.1) is 0 Å². The van der Waals surface area contributed by atoms with Gasteiger partial charge in [0.15, 0.2) is 0 Å². The van der Waals surface area contributed by atoms with Crippen LogP contribution >= 0.6 is 0 Å². The minimum Gasteiger partial charge on any atom is -0.748 e. The molecule has 0 rings (SSSR count). The second kappa shape index (κ2) is 9.85. The van der Waals surface area contributed by atoms with Crippen molar-refractivity contribution in [1.82, 2.24) is 0 Å². The minimum absolute atomic E-state index is 0. The van der Waals surface area contributed by atoms with E-state index in [1.165, 1.54) is 0 Å². The number of aliphatic hydroxyl groups excluding tert-OH is 1. The van der Waals surface area contributed by atoms with Crippen molar-refractivity contribution in [2.24, 2.45) is 0 Å². The van der Waals surface area contributed by atoms with Crippen LogP contribution in [0.25, 0.3) is 0 Å². The normalized spacial score (nSPS) is 15.2. The summed E-state index contributed by atoms with van der Waals surface area (Å²) < 4.78 is 32.7. The molecule has 0 aliphatic rings. The van der Waals surface area contributed by atoms with Crippen LogP contribution in [-0.2, 0) is 10.1 Å². The average Bonchev–Trinajstić information content (AvgIpc) is 2.08. The maximum absolute atomic E-state index is 10.9. The van der Waals surface area contributed by atoms with E-state index in [-0.39, 0.29) is 29.6 Å². The van der Waals surface area contributed by atoms with Gasteiger partial charge in [-0.1, -0.05) is 19.8 Å². The molecule has 4 nitrogen and oxygen atoms in total. The molecule has 0 amide bonds. The predicted octanol–water partition coefficient (Wildman–Crippen LogP) is -1.35. The Balaban J connectivity index is 0. The van der Waals surface area contributed by atoms with Gasteiger partial charge in [-0.25, -0.2) is 8.42 Å². The molecule has 6 heteroatoms. The van der Waals surface area contributed by atoms with Crippen molar-refractivity contribution >= 4 is 10.1 Å². The standard InChI is InChI=1S/C10H22O4S.Na/c1-3-4-7-10(15(12,13)14)8-5-6-9(2)11;/h9-11H,3-8H2,1-2H3,(H,12,13,14);/q;+1/p-1. The van der Waals surface area contributed by atoms with Crippen LogP contribution in [0.3, 0.4) is 0 Å². The van der Waals surface area contributed by atoms with Gasteiger partial charge in [-0.15, -0.1) is 0 Å². The van der Waals surface area contributed by atoms with Gasteiger partial charge in [0.25, 0.3) is 0 Å². The molecule has 0 aromatic carbocycles. The van der Waals surface area contributed by atoms with Crippen molar-refractivity contribution in [1.29, 1.82) is 0 Å². The van der Waals surface area contributed by atoms with E-state index in [1.54, 1.807) is 6.92 Å². The van der Waals surface area contributed by atoms with Crippen molar-refractivity contribution in [3.05, 3.63) is 0 Å². The molecule has 16 heavy (non-hydrogen) atoms. The summed E-state index contributed by atoms with van der Waals surface area (Å²) in [5, 5.41) is 8.25. The second-order valence-electron chi connectivity index (χ2n) is 4.04. The van der Waals surface area contributed by atoms with Crippen molar-refractivity contribution in [3.8, 4) is 0 Å². The Hall–Kier alpha value is 0.870. The summed E-state index contributed by atoms with van der Waals surface area (Å²) in [7, 11) is -4.17. The maximum atomic E-state index is 10.9. The summed E-state index contributed by atoms with van der Waals surface area (Å²) in [5.74, 6) is 0. The zero-order valence-electron chi connectivity index (χ0n) is 10.5. The molecule has 0 saturated carbocycles. The maximum Gasteiger partial charge on any atom is 1.00 e. The van der Waals surface area contributed by atoms with E-state index in [4.69, 9.17) is 5.11 Å². The number of aliphatic hydroxyl groups is 1. The summed E-state index contributed by atoms with van der Waals surface area (Å²) in [4.78, 5) is 0. The zero-order chi connectivity index (χ0) is 11.9. The monoisotopic (exact) mass is 260 g/mol. The molecule has 0 fully saturated rings. The van der Waals surface area contributed by atoms with Crippen LogP contribution in [0.2, 0.25) is 0 Å². The van der Waals surface area contributed by atoms with Crippen LogP contribution in [0.4, 0.5) is 0 Å². The van der Waals surface area contributed by atoms with E-state index in [2.05, 4.69) is 0 Å². The predicted molar refractivity (Wildman–Crippen MR) is 58.5 cm³/mol. The third-order valence-electron chi connectivity index (χ3n) is 2.44. The van der Waals surface area contributed by atoms with E-state index in [0.717, 1.165) is 12.8 Å². The Labute approximate surface area is 121 Å². The van der Waals surface area contributed by atoms with Crippen LogP contribution in [0.1, 0.15) is 52.4 Å². The molecule has 0 aliphatic carbocycles. The number of hydrogen-bond acceptors (Lipinski definition) is 4. The average molecular weight is 260 g/mol. The molecule has 92 valence electrons. The summed E-state index contributed by atoms with van der Waals surface area (Å²) in [6, 6.07) is 0. The smallest absolute Gasteiger partial charge is 0.748 e. The molecule has 0 spiro atoms. The Bertz CT molecular complexity index is 252. The quantitative estimate of drug-likeness (QED) is 0.432. The Morgan fingerprint density at radius 2 is 1.69 bits per heavy atom. The molecule has 2 atom stereocenters. The van der Waals surface area contributed by atoms with Crippen molar-refractivity contribution in [2.75, 3.05) is 0 Å².